The molecule has 0 aromatic carbocycles. The van der Waals surface area contributed by atoms with Gasteiger partial charge in [0, 0.05) is 18.9 Å². The fourth-order valence-corrected chi connectivity index (χ4v) is 1.85. The summed E-state index contributed by atoms with van der Waals surface area (Å²) in [6.07, 6.45) is 4.59. The van der Waals surface area contributed by atoms with Crippen molar-refractivity contribution in [1.29, 1.82) is 0 Å². The molecule has 0 aliphatic heterocycles. The maximum absolute atomic E-state index is 5.56. The lowest BCUT2D eigenvalue weighted by Gasteiger charge is -2.04. The number of nitrogens with two attached hydrogens (primary N) is 1. The molecule has 2 N–H and O–H groups in total. The normalized spacial score (nSPS) is 16.1. The van der Waals surface area contributed by atoms with E-state index in [9.17, 15) is 0 Å². The Morgan fingerprint density at radius 3 is 2.86 bits per heavy atom. The Balaban J connectivity index is 2.22. The minimum Gasteiger partial charge on any atom is -0.330 e. The lowest BCUT2D eigenvalue weighted by Crippen LogP contribution is -2.07. The molecule has 1 aliphatic carbocycles. The molecule has 1 heterocycles. The van der Waals surface area contributed by atoms with Crippen LogP contribution < -0.4 is 5.73 Å². The van der Waals surface area contributed by atoms with Gasteiger partial charge in [-0.1, -0.05) is 12.1 Å². The molecule has 1 aromatic heterocycles. The number of aryl methyl sites for hydroxylation is 1. The molecule has 1 fully saturated rings. The van der Waals surface area contributed by atoms with Crippen LogP contribution in [0.1, 0.15) is 43.5 Å². The van der Waals surface area contributed by atoms with Crippen molar-refractivity contribution < 1.29 is 0 Å². The first-order valence-electron chi connectivity index (χ1n) is 5.49. The average Bonchev–Trinajstić information content (AvgIpc) is 2.93. The third-order valence-corrected chi connectivity index (χ3v) is 2.63. The molecule has 0 unspecified atom stereocenters. The second-order valence-electron chi connectivity index (χ2n) is 3.96. The molecule has 0 radical (unpaired) electrons. The fourth-order valence-electron chi connectivity index (χ4n) is 1.85. The Labute approximate surface area is 84.5 Å². The zero-order chi connectivity index (χ0) is 9.97. The van der Waals surface area contributed by atoms with E-state index in [-0.39, 0.29) is 0 Å². The summed E-state index contributed by atoms with van der Waals surface area (Å²) in [7, 11) is 0. The summed E-state index contributed by atoms with van der Waals surface area (Å²) >= 11 is 0. The van der Waals surface area contributed by atoms with Crippen molar-refractivity contribution in [2.24, 2.45) is 5.73 Å². The number of aromatic nitrogens is 3. The largest absolute Gasteiger partial charge is 0.330 e. The van der Waals surface area contributed by atoms with Crippen LogP contribution in [0.2, 0.25) is 0 Å². The molecule has 14 heavy (non-hydrogen) atoms. The molecule has 1 aliphatic rings. The SMILES string of the molecule is CCCn1nnc(CCN)c1C1CC1. The molecule has 1 saturated carbocycles. The highest BCUT2D eigenvalue weighted by atomic mass is 15.4. The lowest BCUT2D eigenvalue weighted by atomic mass is 10.2. The molecule has 4 nitrogen and oxygen atoms in total. The van der Waals surface area contributed by atoms with E-state index in [0.717, 1.165) is 31.0 Å². The second-order valence-corrected chi connectivity index (χ2v) is 3.96. The van der Waals surface area contributed by atoms with Gasteiger partial charge in [-0.2, -0.15) is 0 Å². The number of hydrogen-bond donors (Lipinski definition) is 1. The van der Waals surface area contributed by atoms with Crippen molar-refractivity contribution in [2.45, 2.75) is 45.1 Å². The first-order chi connectivity index (χ1) is 6.86. The summed E-state index contributed by atoms with van der Waals surface area (Å²) in [5, 5.41) is 8.42. The molecule has 0 atom stereocenters. The predicted octanol–water partition coefficient (Wildman–Crippen LogP) is 1.07. The van der Waals surface area contributed by atoms with Crippen molar-refractivity contribution in [2.75, 3.05) is 6.54 Å². The number of nitrogens with zero attached hydrogens (tertiary/aromatic N) is 3. The summed E-state index contributed by atoms with van der Waals surface area (Å²) in [5.41, 5.74) is 8.04. The van der Waals surface area contributed by atoms with Gasteiger partial charge in [0.15, 0.2) is 0 Å². The van der Waals surface area contributed by atoms with Gasteiger partial charge in [0.1, 0.15) is 0 Å². The minimum atomic E-state index is 0.671. The Morgan fingerprint density at radius 1 is 1.50 bits per heavy atom. The molecule has 0 bridgehead atoms. The average molecular weight is 194 g/mol. The number of hydrogen-bond acceptors (Lipinski definition) is 3. The van der Waals surface area contributed by atoms with Gasteiger partial charge in [0.25, 0.3) is 0 Å². The van der Waals surface area contributed by atoms with Gasteiger partial charge in [-0.25, -0.2) is 4.68 Å². The van der Waals surface area contributed by atoms with Crippen LogP contribution in [0, 0.1) is 0 Å². The van der Waals surface area contributed by atoms with Crippen LogP contribution in [0.15, 0.2) is 0 Å². The highest BCUT2D eigenvalue weighted by molar-refractivity contribution is 5.20. The molecule has 1 aromatic rings. The maximum atomic E-state index is 5.56. The molecular formula is C10H18N4. The first-order valence-corrected chi connectivity index (χ1v) is 5.49. The van der Waals surface area contributed by atoms with Crippen molar-refractivity contribution in [3.8, 4) is 0 Å². The van der Waals surface area contributed by atoms with Gasteiger partial charge in [0.2, 0.25) is 0 Å². The van der Waals surface area contributed by atoms with Gasteiger partial charge in [-0.3, -0.25) is 0 Å². The summed E-state index contributed by atoms with van der Waals surface area (Å²) in [6.45, 7) is 3.83. The number of rotatable bonds is 5. The Morgan fingerprint density at radius 2 is 2.29 bits per heavy atom. The Kier molecular flexibility index (Phi) is 2.82. The minimum absolute atomic E-state index is 0.671. The van der Waals surface area contributed by atoms with Crippen LogP contribution in [0.4, 0.5) is 0 Å². The van der Waals surface area contributed by atoms with Crippen molar-refractivity contribution >= 4 is 0 Å². The predicted molar refractivity (Wildman–Crippen MR) is 55.0 cm³/mol. The van der Waals surface area contributed by atoms with Crippen molar-refractivity contribution in [3.63, 3.8) is 0 Å². The van der Waals surface area contributed by atoms with Gasteiger partial charge >= 0.3 is 0 Å². The van der Waals surface area contributed by atoms with Gasteiger partial charge in [-0.15, -0.1) is 5.10 Å². The monoisotopic (exact) mass is 194 g/mol. The standard InChI is InChI=1S/C10H18N4/c1-2-7-14-10(8-3-4-8)9(5-6-11)12-13-14/h8H,2-7,11H2,1H3. The van der Waals surface area contributed by atoms with E-state index in [1.165, 1.54) is 18.5 Å². The third kappa shape index (κ3) is 1.80. The van der Waals surface area contributed by atoms with E-state index in [0.29, 0.717) is 6.54 Å². The highest BCUT2D eigenvalue weighted by Crippen LogP contribution is 2.41. The Bertz CT molecular complexity index is 278. The van der Waals surface area contributed by atoms with E-state index in [2.05, 4.69) is 21.9 Å². The van der Waals surface area contributed by atoms with E-state index in [1.54, 1.807) is 0 Å². The first kappa shape index (κ1) is 9.65. The smallest absolute Gasteiger partial charge is 0.0874 e. The zero-order valence-corrected chi connectivity index (χ0v) is 8.74. The van der Waals surface area contributed by atoms with Gasteiger partial charge in [-0.05, 0) is 25.8 Å². The molecule has 0 spiro atoms. The van der Waals surface area contributed by atoms with Crippen LogP contribution >= 0.6 is 0 Å². The van der Waals surface area contributed by atoms with E-state index < -0.39 is 0 Å². The lowest BCUT2D eigenvalue weighted by molar-refractivity contribution is 0.556. The zero-order valence-electron chi connectivity index (χ0n) is 8.74. The van der Waals surface area contributed by atoms with Crippen LogP contribution in [0.5, 0.6) is 0 Å². The summed E-state index contributed by atoms with van der Waals surface area (Å²) in [4.78, 5) is 0. The molecule has 2 rings (SSSR count). The molecule has 0 amide bonds. The van der Waals surface area contributed by atoms with Gasteiger partial charge in [0.05, 0.1) is 11.4 Å². The summed E-state index contributed by atoms with van der Waals surface area (Å²) in [5.74, 6) is 0.720. The molecule has 78 valence electrons. The summed E-state index contributed by atoms with van der Waals surface area (Å²) in [6, 6.07) is 0. The van der Waals surface area contributed by atoms with Crippen molar-refractivity contribution in [3.05, 3.63) is 11.4 Å². The quantitative estimate of drug-likeness (QED) is 0.762. The van der Waals surface area contributed by atoms with E-state index in [4.69, 9.17) is 5.73 Å². The second kappa shape index (κ2) is 4.09. The van der Waals surface area contributed by atoms with Gasteiger partial charge < -0.3 is 5.73 Å². The molecule has 4 heteroatoms. The van der Waals surface area contributed by atoms with Crippen LogP contribution in [0.25, 0.3) is 0 Å². The molecule has 0 saturated heterocycles. The topological polar surface area (TPSA) is 56.7 Å². The fraction of sp³-hybridized carbons (Fsp3) is 0.800. The highest BCUT2D eigenvalue weighted by Gasteiger charge is 2.30. The third-order valence-electron chi connectivity index (χ3n) is 2.63. The summed E-state index contributed by atoms with van der Waals surface area (Å²) < 4.78 is 2.07. The van der Waals surface area contributed by atoms with Crippen LogP contribution in [-0.4, -0.2) is 21.5 Å². The maximum Gasteiger partial charge on any atom is 0.0874 e. The van der Waals surface area contributed by atoms with E-state index >= 15 is 0 Å². The molecular weight excluding hydrogens is 176 g/mol. The Hall–Kier alpha value is -0.900. The van der Waals surface area contributed by atoms with Crippen LogP contribution in [-0.2, 0) is 13.0 Å². The van der Waals surface area contributed by atoms with Crippen molar-refractivity contribution in [1.82, 2.24) is 15.0 Å². The van der Waals surface area contributed by atoms with Crippen LogP contribution in [0.3, 0.4) is 0 Å². The van der Waals surface area contributed by atoms with E-state index in [1.807, 2.05) is 0 Å².